The quantitative estimate of drug-likeness (QED) is 0.100. The number of fused-ring (bicyclic) bond motifs is 8. The van der Waals surface area contributed by atoms with Crippen molar-refractivity contribution in [1.29, 1.82) is 0 Å². The maximum absolute atomic E-state index is 2.51. The molecule has 78 heavy (non-hydrogen) atoms. The third-order valence-electron chi connectivity index (χ3n) is 15.6. The minimum absolute atomic E-state index is 1.07. The predicted octanol–water partition coefficient (Wildman–Crippen LogP) is 20.5. The van der Waals surface area contributed by atoms with Gasteiger partial charge in [0.05, 0.1) is 33.4 Å². The van der Waals surface area contributed by atoms with Gasteiger partial charge in [0.25, 0.3) is 0 Å². The Morgan fingerprint density at radius 1 is 0.192 bits per heavy atom. The lowest BCUT2D eigenvalue weighted by atomic mass is 9.91. The molecule has 0 aliphatic carbocycles. The van der Waals surface area contributed by atoms with Crippen molar-refractivity contribution in [3.05, 3.63) is 303 Å². The van der Waals surface area contributed by atoms with Crippen LogP contribution in [0.15, 0.2) is 303 Å². The van der Waals surface area contributed by atoms with Gasteiger partial charge in [-0.2, -0.15) is 0 Å². The van der Waals surface area contributed by atoms with Crippen LogP contribution in [0.3, 0.4) is 0 Å². The lowest BCUT2D eigenvalue weighted by Crippen LogP contribution is -2.15. The molecule has 0 aliphatic heterocycles. The summed E-state index contributed by atoms with van der Waals surface area (Å²) < 4.78 is 4.79. The van der Waals surface area contributed by atoms with Gasteiger partial charge in [0.15, 0.2) is 0 Å². The number of para-hydroxylation sites is 6. The Morgan fingerprint density at radius 2 is 0.526 bits per heavy atom. The van der Waals surface area contributed by atoms with Crippen molar-refractivity contribution in [2.45, 2.75) is 0 Å². The Labute approximate surface area is 452 Å². The Balaban J connectivity index is 1.07. The number of nitrogens with zero attached hydrogens (tertiary/aromatic N) is 4. The van der Waals surface area contributed by atoms with Crippen LogP contribution in [0, 0.1) is 0 Å². The lowest BCUT2D eigenvalue weighted by Gasteiger charge is -2.33. The van der Waals surface area contributed by atoms with Gasteiger partial charge < -0.3 is 18.9 Å². The largest absolute Gasteiger partial charge is 0.309 e. The van der Waals surface area contributed by atoms with E-state index in [1.165, 1.54) is 32.6 Å². The summed E-state index contributed by atoms with van der Waals surface area (Å²) in [5, 5.41) is 9.30. The highest BCUT2D eigenvalue weighted by atomic mass is 15.2. The topological polar surface area (TPSA) is 16.3 Å². The molecule has 0 N–H and O–H groups in total. The van der Waals surface area contributed by atoms with E-state index in [4.69, 9.17) is 0 Å². The number of rotatable bonds is 10. The van der Waals surface area contributed by atoms with E-state index >= 15 is 0 Å². The van der Waals surface area contributed by atoms with Gasteiger partial charge in [-0.15, -0.1) is 0 Å². The van der Waals surface area contributed by atoms with E-state index in [0.717, 1.165) is 100 Å². The van der Waals surface area contributed by atoms with E-state index in [1.807, 2.05) is 0 Å². The average Bonchev–Trinajstić information content (AvgIpc) is 3.97. The predicted molar refractivity (Wildman–Crippen MR) is 330 cm³/mol. The van der Waals surface area contributed by atoms with Crippen LogP contribution in [-0.2, 0) is 0 Å². The number of anilines is 6. The third kappa shape index (κ3) is 7.45. The van der Waals surface area contributed by atoms with Gasteiger partial charge in [-0.1, -0.05) is 194 Å². The molecule has 0 spiro atoms. The van der Waals surface area contributed by atoms with Crippen LogP contribution < -0.4 is 9.80 Å². The molecule has 4 heteroatoms. The van der Waals surface area contributed by atoms with Gasteiger partial charge in [-0.05, 0) is 131 Å². The van der Waals surface area contributed by atoms with Crippen LogP contribution in [0.1, 0.15) is 0 Å². The standard InChI is InChI=1S/C74H50N4/c1-7-23-51(24-8-1)53-39-43-63-67(47-53)73(75(55-27-11-3-12-28-55)59-41-45-71-65(49-59)61-35-19-21-37-69(61)77(71)57-31-15-5-16-32-57)64-44-40-54(52-25-9-2-10-26-52)48-68(64)74(63)76(56-29-13-4-14-30-56)60-42-46-72-66(50-60)62-36-20-22-38-70(62)78(72)58-33-17-6-18-34-58/h1-50H. The molecule has 0 saturated carbocycles. The molecular formula is C74H50N4. The second-order valence-electron chi connectivity index (χ2n) is 20.1. The Bertz CT molecular complexity index is 4400. The van der Waals surface area contributed by atoms with E-state index in [2.05, 4.69) is 322 Å². The van der Waals surface area contributed by atoms with Crippen LogP contribution in [-0.4, -0.2) is 9.13 Å². The minimum atomic E-state index is 1.07. The maximum atomic E-state index is 2.51. The summed E-state index contributed by atoms with van der Waals surface area (Å²) >= 11 is 0. The van der Waals surface area contributed by atoms with Gasteiger partial charge in [-0.25, -0.2) is 0 Å². The second-order valence-corrected chi connectivity index (χ2v) is 20.1. The van der Waals surface area contributed by atoms with Gasteiger partial charge in [0.2, 0.25) is 0 Å². The summed E-state index contributed by atoms with van der Waals surface area (Å²) in [4.78, 5) is 5.02. The van der Waals surface area contributed by atoms with E-state index in [1.54, 1.807) is 0 Å². The first-order chi connectivity index (χ1) is 38.7. The Hall–Kier alpha value is -10.4. The molecule has 2 heterocycles. The highest BCUT2D eigenvalue weighted by molar-refractivity contribution is 6.25. The van der Waals surface area contributed by atoms with Crippen LogP contribution in [0.2, 0.25) is 0 Å². The normalized spacial score (nSPS) is 11.6. The SMILES string of the molecule is c1ccc(-c2ccc3c(N(c4ccccc4)c4ccc5c(c4)c4ccccc4n5-c4ccccc4)c4cc(-c5ccccc5)ccc4c(N(c4ccccc4)c4ccc5c(c4)c4ccccc4n5-c4ccccc4)c3c2)cc1. The highest BCUT2D eigenvalue weighted by Crippen LogP contribution is 2.53. The van der Waals surface area contributed by atoms with Gasteiger partial charge in [0.1, 0.15) is 0 Å². The van der Waals surface area contributed by atoms with Crippen molar-refractivity contribution >= 4 is 99.3 Å². The van der Waals surface area contributed by atoms with Crippen molar-refractivity contribution in [2.75, 3.05) is 9.80 Å². The van der Waals surface area contributed by atoms with Crippen LogP contribution >= 0.6 is 0 Å². The number of benzene rings is 13. The molecule has 0 atom stereocenters. The fourth-order valence-electron chi connectivity index (χ4n) is 12.2. The van der Waals surface area contributed by atoms with Gasteiger partial charge in [0, 0.05) is 77.2 Å². The zero-order valence-corrected chi connectivity index (χ0v) is 42.7. The molecule has 15 rings (SSSR count). The molecule has 0 unspecified atom stereocenters. The minimum Gasteiger partial charge on any atom is -0.309 e. The summed E-state index contributed by atoms with van der Waals surface area (Å²) in [6.45, 7) is 0. The number of hydrogen-bond donors (Lipinski definition) is 0. The van der Waals surface area contributed by atoms with Crippen molar-refractivity contribution in [3.63, 3.8) is 0 Å². The molecular weight excluding hydrogens is 945 g/mol. The third-order valence-corrected chi connectivity index (χ3v) is 15.6. The summed E-state index contributed by atoms with van der Waals surface area (Å²) in [5.74, 6) is 0. The monoisotopic (exact) mass is 994 g/mol. The van der Waals surface area contributed by atoms with Crippen LogP contribution in [0.5, 0.6) is 0 Å². The molecule has 0 amide bonds. The molecule has 0 fully saturated rings. The fourth-order valence-corrected chi connectivity index (χ4v) is 12.2. The molecule has 366 valence electrons. The molecule has 0 bridgehead atoms. The molecule has 0 aliphatic rings. The van der Waals surface area contributed by atoms with Crippen LogP contribution in [0.4, 0.5) is 34.1 Å². The smallest absolute Gasteiger partial charge is 0.0620 e. The highest BCUT2D eigenvalue weighted by Gasteiger charge is 2.28. The van der Waals surface area contributed by atoms with E-state index < -0.39 is 0 Å². The van der Waals surface area contributed by atoms with Crippen LogP contribution in [0.25, 0.3) is 98.8 Å². The first-order valence-corrected chi connectivity index (χ1v) is 26.8. The van der Waals surface area contributed by atoms with Crippen molar-refractivity contribution in [1.82, 2.24) is 9.13 Å². The van der Waals surface area contributed by atoms with Gasteiger partial charge in [-0.3, -0.25) is 0 Å². The zero-order chi connectivity index (χ0) is 51.5. The van der Waals surface area contributed by atoms with Gasteiger partial charge >= 0.3 is 0 Å². The molecule has 0 radical (unpaired) electrons. The summed E-state index contributed by atoms with van der Waals surface area (Å²) in [6, 6.07) is 111. The molecule has 0 saturated heterocycles. The fraction of sp³-hybridized carbons (Fsp3) is 0. The first kappa shape index (κ1) is 45.0. The first-order valence-electron chi connectivity index (χ1n) is 26.8. The zero-order valence-electron chi connectivity index (χ0n) is 42.7. The Morgan fingerprint density at radius 3 is 0.923 bits per heavy atom. The van der Waals surface area contributed by atoms with E-state index in [9.17, 15) is 0 Å². The lowest BCUT2D eigenvalue weighted by molar-refractivity contribution is 1.18. The summed E-state index contributed by atoms with van der Waals surface area (Å²) in [6.07, 6.45) is 0. The van der Waals surface area contributed by atoms with E-state index in [0.29, 0.717) is 0 Å². The molecule has 2 aromatic heterocycles. The number of hydrogen-bond acceptors (Lipinski definition) is 2. The molecule has 4 nitrogen and oxygen atoms in total. The summed E-state index contributed by atoms with van der Waals surface area (Å²) in [7, 11) is 0. The summed E-state index contributed by atoms with van der Waals surface area (Å²) in [5.41, 5.74) is 18.0. The second kappa shape index (κ2) is 18.7. The maximum Gasteiger partial charge on any atom is 0.0620 e. The molecule has 13 aromatic carbocycles. The Kier molecular flexibility index (Phi) is 10.8. The van der Waals surface area contributed by atoms with Crippen molar-refractivity contribution in [2.24, 2.45) is 0 Å². The van der Waals surface area contributed by atoms with E-state index in [-0.39, 0.29) is 0 Å². The van der Waals surface area contributed by atoms with Crippen molar-refractivity contribution < 1.29 is 0 Å². The number of aromatic nitrogens is 2. The van der Waals surface area contributed by atoms with Crippen molar-refractivity contribution in [3.8, 4) is 33.6 Å². The molecule has 15 aromatic rings. The average molecular weight is 995 g/mol.